The van der Waals surface area contributed by atoms with Gasteiger partial charge in [-0.3, -0.25) is 9.78 Å². The number of fused-ring (bicyclic) bond motifs is 3. The van der Waals surface area contributed by atoms with E-state index in [0.717, 1.165) is 28.7 Å². The number of para-hydroxylation sites is 1. The Balaban J connectivity index is 2.05. The minimum absolute atomic E-state index is 0.0262. The van der Waals surface area contributed by atoms with E-state index in [-0.39, 0.29) is 11.9 Å². The van der Waals surface area contributed by atoms with Crippen molar-refractivity contribution in [2.24, 2.45) is 5.92 Å². The van der Waals surface area contributed by atoms with Crippen LogP contribution >= 0.6 is 0 Å². The maximum Gasteiger partial charge on any atom is 0.246 e. The smallest absolute Gasteiger partial charge is 0.246 e. The van der Waals surface area contributed by atoms with Crippen molar-refractivity contribution in [3.05, 3.63) is 30.5 Å². The zero-order valence-electron chi connectivity index (χ0n) is 11.1. The van der Waals surface area contributed by atoms with Gasteiger partial charge in [-0.15, -0.1) is 0 Å². The molecule has 98 valence electrons. The fraction of sp³-hybridized carbons (Fsp3) is 0.333. The first kappa shape index (κ1) is 12.0. The number of rotatable bonds is 2. The Labute approximate surface area is 112 Å². The summed E-state index contributed by atoms with van der Waals surface area (Å²) >= 11 is 0. The molecule has 2 heterocycles. The molecule has 1 aliphatic heterocycles. The van der Waals surface area contributed by atoms with Crippen LogP contribution in [0.25, 0.3) is 10.9 Å². The number of pyridine rings is 1. The van der Waals surface area contributed by atoms with Crippen LogP contribution in [0.4, 0.5) is 11.4 Å². The Kier molecular flexibility index (Phi) is 2.85. The van der Waals surface area contributed by atoms with Crippen molar-refractivity contribution < 1.29 is 4.79 Å². The molecule has 1 unspecified atom stereocenters. The second-order valence-corrected chi connectivity index (χ2v) is 5.38. The van der Waals surface area contributed by atoms with Crippen LogP contribution in [0.15, 0.2) is 30.5 Å². The highest BCUT2D eigenvalue weighted by Gasteiger charge is 2.27. The van der Waals surface area contributed by atoms with Crippen LogP contribution in [0.3, 0.4) is 0 Å². The molecule has 0 saturated carbocycles. The van der Waals surface area contributed by atoms with E-state index >= 15 is 0 Å². The van der Waals surface area contributed by atoms with E-state index in [1.807, 2.05) is 24.3 Å². The van der Waals surface area contributed by atoms with Gasteiger partial charge in [-0.05, 0) is 18.4 Å². The van der Waals surface area contributed by atoms with Gasteiger partial charge in [0.25, 0.3) is 0 Å². The van der Waals surface area contributed by atoms with Crippen molar-refractivity contribution in [2.75, 3.05) is 10.6 Å². The fourth-order valence-electron chi connectivity index (χ4n) is 2.49. The van der Waals surface area contributed by atoms with Crippen molar-refractivity contribution in [3.63, 3.8) is 0 Å². The summed E-state index contributed by atoms with van der Waals surface area (Å²) in [7, 11) is 0. The average Bonchev–Trinajstić information content (AvgIpc) is 2.39. The van der Waals surface area contributed by atoms with Gasteiger partial charge < -0.3 is 10.6 Å². The zero-order chi connectivity index (χ0) is 13.4. The molecule has 0 radical (unpaired) electrons. The summed E-state index contributed by atoms with van der Waals surface area (Å²) in [5, 5.41) is 7.36. The minimum Gasteiger partial charge on any atom is -0.371 e. The predicted octanol–water partition coefficient (Wildman–Crippen LogP) is 3.01. The number of amides is 1. The highest BCUT2D eigenvalue weighted by Crippen LogP contribution is 2.34. The van der Waals surface area contributed by atoms with Crippen molar-refractivity contribution in [2.45, 2.75) is 26.3 Å². The summed E-state index contributed by atoms with van der Waals surface area (Å²) < 4.78 is 0. The minimum atomic E-state index is -0.168. The summed E-state index contributed by atoms with van der Waals surface area (Å²) in [5.74, 6) is 0.496. The number of carbonyl (C=O) groups excluding carboxylic acids is 1. The number of anilines is 2. The van der Waals surface area contributed by atoms with E-state index in [9.17, 15) is 4.79 Å². The molecule has 1 aromatic carbocycles. The fourth-order valence-corrected chi connectivity index (χ4v) is 2.49. The van der Waals surface area contributed by atoms with E-state index in [1.165, 1.54) is 0 Å². The number of hydrogen-bond acceptors (Lipinski definition) is 3. The molecule has 1 aliphatic rings. The Morgan fingerprint density at radius 3 is 2.89 bits per heavy atom. The molecule has 4 nitrogen and oxygen atoms in total. The lowest BCUT2D eigenvalue weighted by Gasteiger charge is -2.28. The third kappa shape index (κ3) is 2.14. The lowest BCUT2D eigenvalue weighted by Crippen LogP contribution is -2.39. The van der Waals surface area contributed by atoms with Crippen molar-refractivity contribution >= 4 is 28.2 Å². The number of hydrogen-bond donors (Lipinski definition) is 2. The number of aromatic nitrogens is 1. The maximum absolute atomic E-state index is 12.0. The van der Waals surface area contributed by atoms with Crippen LogP contribution in [0.1, 0.15) is 20.3 Å². The first-order valence-electron chi connectivity index (χ1n) is 6.60. The molecule has 1 amide bonds. The largest absolute Gasteiger partial charge is 0.371 e. The second kappa shape index (κ2) is 4.53. The predicted molar refractivity (Wildman–Crippen MR) is 77.2 cm³/mol. The van der Waals surface area contributed by atoms with Crippen LogP contribution in [0, 0.1) is 5.92 Å². The molecule has 1 aromatic heterocycles. The SMILES string of the molecule is CC(C)CC1Nc2c(cnc3ccccc23)NC1=O. The third-order valence-corrected chi connectivity index (χ3v) is 3.38. The Bertz CT molecular complexity index is 636. The van der Waals surface area contributed by atoms with Crippen molar-refractivity contribution in [1.82, 2.24) is 4.98 Å². The molecule has 0 saturated heterocycles. The third-order valence-electron chi connectivity index (χ3n) is 3.38. The molecule has 4 heteroatoms. The first-order chi connectivity index (χ1) is 9.15. The van der Waals surface area contributed by atoms with Crippen LogP contribution in [-0.2, 0) is 4.79 Å². The number of carbonyl (C=O) groups is 1. The van der Waals surface area contributed by atoms with E-state index < -0.39 is 0 Å². The van der Waals surface area contributed by atoms with Crippen LogP contribution in [0.5, 0.6) is 0 Å². The monoisotopic (exact) mass is 255 g/mol. The van der Waals surface area contributed by atoms with Gasteiger partial charge in [0.2, 0.25) is 5.91 Å². The molecule has 3 rings (SSSR count). The van der Waals surface area contributed by atoms with Crippen LogP contribution < -0.4 is 10.6 Å². The average molecular weight is 255 g/mol. The van der Waals surface area contributed by atoms with Gasteiger partial charge in [-0.1, -0.05) is 32.0 Å². The summed E-state index contributed by atoms with van der Waals surface area (Å²) in [5.41, 5.74) is 2.69. The number of nitrogens with zero attached hydrogens (tertiary/aromatic N) is 1. The lowest BCUT2D eigenvalue weighted by molar-refractivity contribution is -0.117. The van der Waals surface area contributed by atoms with E-state index in [4.69, 9.17) is 0 Å². The maximum atomic E-state index is 12.0. The first-order valence-corrected chi connectivity index (χ1v) is 6.60. The van der Waals surface area contributed by atoms with Crippen molar-refractivity contribution in [1.29, 1.82) is 0 Å². The van der Waals surface area contributed by atoms with Gasteiger partial charge in [0.15, 0.2) is 0 Å². The highest BCUT2D eigenvalue weighted by atomic mass is 16.2. The topological polar surface area (TPSA) is 54.0 Å². The lowest BCUT2D eigenvalue weighted by atomic mass is 10.00. The summed E-state index contributed by atoms with van der Waals surface area (Å²) in [6.45, 7) is 4.24. The molecule has 0 bridgehead atoms. The Hall–Kier alpha value is -2.10. The molecular formula is C15H17N3O. The van der Waals surface area contributed by atoms with Crippen LogP contribution in [0.2, 0.25) is 0 Å². The molecule has 0 fully saturated rings. The van der Waals surface area contributed by atoms with Gasteiger partial charge >= 0.3 is 0 Å². The molecule has 2 N–H and O–H groups in total. The normalized spacial score (nSPS) is 18.1. The summed E-state index contributed by atoms with van der Waals surface area (Å²) in [6, 6.07) is 7.79. The van der Waals surface area contributed by atoms with Gasteiger partial charge in [-0.2, -0.15) is 0 Å². The van der Waals surface area contributed by atoms with Crippen molar-refractivity contribution in [3.8, 4) is 0 Å². The van der Waals surface area contributed by atoms with Gasteiger partial charge in [0, 0.05) is 5.39 Å². The highest BCUT2D eigenvalue weighted by molar-refractivity contribution is 6.09. The molecule has 19 heavy (non-hydrogen) atoms. The number of benzene rings is 1. The van der Waals surface area contributed by atoms with Gasteiger partial charge in [-0.25, -0.2) is 0 Å². The van der Waals surface area contributed by atoms with E-state index in [0.29, 0.717) is 5.92 Å². The van der Waals surface area contributed by atoms with Crippen LogP contribution in [-0.4, -0.2) is 16.9 Å². The van der Waals surface area contributed by atoms with E-state index in [2.05, 4.69) is 29.5 Å². The Morgan fingerprint density at radius 1 is 1.32 bits per heavy atom. The molecule has 0 aliphatic carbocycles. The zero-order valence-corrected chi connectivity index (χ0v) is 11.1. The number of nitrogens with one attached hydrogen (secondary N) is 2. The van der Waals surface area contributed by atoms with Gasteiger partial charge in [0.1, 0.15) is 6.04 Å². The molecule has 1 atom stereocenters. The van der Waals surface area contributed by atoms with Gasteiger partial charge in [0.05, 0.1) is 23.1 Å². The molecular weight excluding hydrogens is 238 g/mol. The van der Waals surface area contributed by atoms with E-state index in [1.54, 1.807) is 6.20 Å². The summed E-state index contributed by atoms with van der Waals surface area (Å²) in [6.07, 6.45) is 2.54. The summed E-state index contributed by atoms with van der Waals surface area (Å²) in [4.78, 5) is 16.4. The molecule has 0 spiro atoms. The second-order valence-electron chi connectivity index (χ2n) is 5.38. The molecule has 2 aromatic rings. The standard InChI is InChI=1S/C15H17N3O/c1-9(2)7-12-15(19)18-13-8-16-11-6-4-3-5-10(11)14(13)17-12/h3-6,8-9,12,17H,7H2,1-2H3,(H,18,19). The Morgan fingerprint density at radius 2 is 2.11 bits per heavy atom. The quantitative estimate of drug-likeness (QED) is 0.867.